The normalized spacial score (nSPS) is 26.5. The van der Waals surface area contributed by atoms with Crippen molar-refractivity contribution in [1.29, 1.82) is 0 Å². The molecular weight excluding hydrogens is 154 g/mol. The quantitative estimate of drug-likeness (QED) is 0.576. The van der Waals surface area contributed by atoms with Crippen LogP contribution in [0.25, 0.3) is 0 Å². The monoisotopic (exact) mass is 164 g/mol. The summed E-state index contributed by atoms with van der Waals surface area (Å²) in [4.78, 5) is 9.90. The first-order chi connectivity index (χ1) is 5.17. The predicted molar refractivity (Wildman–Crippen MR) is 34.6 cm³/mol. The van der Waals surface area contributed by atoms with Gasteiger partial charge in [0, 0.05) is 6.61 Å². The van der Waals surface area contributed by atoms with E-state index >= 15 is 0 Å². The maximum Gasteiger partial charge on any atom is 0.327 e. The lowest BCUT2D eigenvalue weighted by Gasteiger charge is -2.26. The summed E-state index contributed by atoms with van der Waals surface area (Å²) in [5, 5.41) is 0. The van der Waals surface area contributed by atoms with Gasteiger partial charge in [0.15, 0.2) is 6.29 Å². The number of carbonyl (C=O) groups is 1. The average molecular weight is 164 g/mol. The largest absolute Gasteiger partial charge is 0.371 e. The van der Waals surface area contributed by atoms with Gasteiger partial charge in [0.1, 0.15) is 6.10 Å². The second kappa shape index (κ2) is 3.26. The van der Waals surface area contributed by atoms with Crippen molar-refractivity contribution in [2.45, 2.75) is 31.3 Å². The fraction of sp³-hybridized carbons (Fsp3) is 0.857. The molecule has 64 valence electrons. The van der Waals surface area contributed by atoms with E-state index in [4.69, 9.17) is 4.74 Å². The molecule has 0 bridgehead atoms. The molecule has 1 heterocycles. The van der Waals surface area contributed by atoms with Crippen LogP contribution >= 0.6 is 0 Å². The summed E-state index contributed by atoms with van der Waals surface area (Å²) < 4.78 is 29.8. The number of aldehydes is 1. The lowest BCUT2D eigenvalue weighted by molar-refractivity contribution is -0.162. The van der Waals surface area contributed by atoms with Crippen molar-refractivity contribution in [2.24, 2.45) is 0 Å². The van der Waals surface area contributed by atoms with Gasteiger partial charge in [-0.15, -0.1) is 0 Å². The van der Waals surface area contributed by atoms with Gasteiger partial charge in [0.25, 0.3) is 0 Å². The Morgan fingerprint density at radius 2 is 2.18 bits per heavy atom. The highest BCUT2D eigenvalue weighted by Gasteiger charge is 2.40. The third kappa shape index (κ3) is 1.96. The molecule has 1 rings (SSSR count). The molecule has 1 fully saturated rings. The van der Waals surface area contributed by atoms with Crippen LogP contribution in [-0.2, 0) is 9.53 Å². The molecule has 0 aliphatic carbocycles. The SMILES string of the molecule is O=CC(F)(F)C1CCCCO1. The Balaban J connectivity index is 2.50. The van der Waals surface area contributed by atoms with Crippen LogP contribution in [0.4, 0.5) is 8.78 Å². The molecule has 0 N–H and O–H groups in total. The summed E-state index contributed by atoms with van der Waals surface area (Å²) in [6.07, 6.45) is 0.294. The number of carbonyl (C=O) groups excluding carboxylic acids is 1. The Hall–Kier alpha value is -0.510. The van der Waals surface area contributed by atoms with Gasteiger partial charge in [-0.25, -0.2) is 0 Å². The van der Waals surface area contributed by atoms with Crippen molar-refractivity contribution >= 4 is 6.29 Å². The zero-order valence-corrected chi connectivity index (χ0v) is 6.06. The Kier molecular flexibility index (Phi) is 2.54. The number of alkyl halides is 2. The van der Waals surface area contributed by atoms with E-state index in [2.05, 4.69) is 0 Å². The molecule has 0 aromatic heterocycles. The van der Waals surface area contributed by atoms with E-state index in [1.807, 2.05) is 0 Å². The molecule has 1 saturated heterocycles. The smallest absolute Gasteiger partial charge is 0.327 e. The molecule has 1 atom stereocenters. The Morgan fingerprint density at radius 1 is 1.45 bits per heavy atom. The highest BCUT2D eigenvalue weighted by atomic mass is 19.3. The van der Waals surface area contributed by atoms with Gasteiger partial charge in [-0.3, -0.25) is 4.79 Å². The summed E-state index contributed by atoms with van der Waals surface area (Å²) >= 11 is 0. The van der Waals surface area contributed by atoms with Gasteiger partial charge in [-0.1, -0.05) is 0 Å². The van der Waals surface area contributed by atoms with Crippen molar-refractivity contribution in [1.82, 2.24) is 0 Å². The Bertz CT molecular complexity index is 141. The minimum absolute atomic E-state index is 0.283. The number of halogens is 2. The molecule has 0 aromatic rings. The summed E-state index contributed by atoms with van der Waals surface area (Å²) in [6.45, 7) is 0.341. The van der Waals surface area contributed by atoms with Crippen LogP contribution in [-0.4, -0.2) is 24.9 Å². The molecular formula is C7H10F2O2. The van der Waals surface area contributed by atoms with E-state index < -0.39 is 12.0 Å². The summed E-state index contributed by atoms with van der Waals surface area (Å²) in [7, 11) is 0. The van der Waals surface area contributed by atoms with E-state index in [0.717, 1.165) is 6.42 Å². The second-order valence-electron chi connectivity index (χ2n) is 2.65. The van der Waals surface area contributed by atoms with E-state index in [1.54, 1.807) is 0 Å². The highest BCUT2D eigenvalue weighted by molar-refractivity contribution is 5.60. The number of ether oxygens (including phenoxy) is 1. The van der Waals surface area contributed by atoms with Crippen molar-refractivity contribution in [3.05, 3.63) is 0 Å². The minimum atomic E-state index is -3.29. The molecule has 0 aromatic carbocycles. The van der Waals surface area contributed by atoms with Gasteiger partial charge < -0.3 is 4.74 Å². The molecule has 4 heteroatoms. The zero-order chi connectivity index (χ0) is 8.32. The molecule has 0 spiro atoms. The van der Waals surface area contributed by atoms with E-state index in [-0.39, 0.29) is 12.7 Å². The van der Waals surface area contributed by atoms with E-state index in [9.17, 15) is 13.6 Å². The lowest BCUT2D eigenvalue weighted by Crippen LogP contribution is -2.39. The Morgan fingerprint density at radius 3 is 2.64 bits per heavy atom. The van der Waals surface area contributed by atoms with Crippen molar-refractivity contribution < 1.29 is 18.3 Å². The fourth-order valence-electron chi connectivity index (χ4n) is 1.12. The zero-order valence-electron chi connectivity index (χ0n) is 6.06. The number of rotatable bonds is 2. The summed E-state index contributed by atoms with van der Waals surface area (Å²) in [5.74, 6) is -3.29. The van der Waals surface area contributed by atoms with Crippen LogP contribution in [0.1, 0.15) is 19.3 Å². The van der Waals surface area contributed by atoms with E-state index in [0.29, 0.717) is 13.0 Å². The van der Waals surface area contributed by atoms with Crippen molar-refractivity contribution in [3.8, 4) is 0 Å². The lowest BCUT2D eigenvalue weighted by atomic mass is 10.0. The van der Waals surface area contributed by atoms with Crippen molar-refractivity contribution in [2.75, 3.05) is 6.61 Å². The Labute approximate surface area is 63.5 Å². The van der Waals surface area contributed by atoms with Gasteiger partial charge >= 0.3 is 5.92 Å². The first-order valence-corrected chi connectivity index (χ1v) is 3.62. The molecule has 1 aliphatic rings. The van der Waals surface area contributed by atoms with E-state index in [1.165, 1.54) is 0 Å². The van der Waals surface area contributed by atoms with Gasteiger partial charge in [0.05, 0.1) is 0 Å². The molecule has 11 heavy (non-hydrogen) atoms. The average Bonchev–Trinajstić information content (AvgIpc) is 2.06. The van der Waals surface area contributed by atoms with Crippen LogP contribution < -0.4 is 0 Å². The predicted octanol–water partition coefficient (Wildman–Crippen LogP) is 1.39. The summed E-state index contributed by atoms with van der Waals surface area (Å²) in [6, 6.07) is 0. The van der Waals surface area contributed by atoms with Crippen LogP contribution in [0.3, 0.4) is 0 Å². The van der Waals surface area contributed by atoms with Crippen LogP contribution in [0.15, 0.2) is 0 Å². The molecule has 0 saturated carbocycles. The third-order valence-electron chi connectivity index (χ3n) is 1.77. The molecule has 0 amide bonds. The first-order valence-electron chi connectivity index (χ1n) is 3.62. The highest BCUT2D eigenvalue weighted by Crippen LogP contribution is 2.26. The maximum absolute atomic E-state index is 12.5. The molecule has 0 radical (unpaired) electrons. The standard InChI is InChI=1S/C7H10F2O2/c8-7(9,5-10)6-3-1-2-4-11-6/h5-6H,1-4H2. The number of hydrogen-bond acceptors (Lipinski definition) is 2. The number of hydrogen-bond donors (Lipinski definition) is 0. The molecule has 2 nitrogen and oxygen atoms in total. The van der Waals surface area contributed by atoms with Crippen molar-refractivity contribution in [3.63, 3.8) is 0 Å². The van der Waals surface area contributed by atoms with Gasteiger partial charge in [-0.05, 0) is 19.3 Å². The fourth-order valence-corrected chi connectivity index (χ4v) is 1.12. The maximum atomic E-state index is 12.5. The first kappa shape index (κ1) is 8.59. The van der Waals surface area contributed by atoms with Crippen LogP contribution in [0.2, 0.25) is 0 Å². The summed E-state index contributed by atoms with van der Waals surface area (Å²) in [5.41, 5.74) is 0. The second-order valence-corrected chi connectivity index (χ2v) is 2.65. The van der Waals surface area contributed by atoms with Crippen LogP contribution in [0, 0.1) is 0 Å². The van der Waals surface area contributed by atoms with Crippen LogP contribution in [0.5, 0.6) is 0 Å². The minimum Gasteiger partial charge on any atom is -0.371 e. The van der Waals surface area contributed by atoms with Gasteiger partial charge in [-0.2, -0.15) is 8.78 Å². The molecule has 1 aliphatic heterocycles. The molecule has 1 unspecified atom stereocenters. The topological polar surface area (TPSA) is 26.3 Å². The third-order valence-corrected chi connectivity index (χ3v) is 1.77. The van der Waals surface area contributed by atoms with Gasteiger partial charge in [0.2, 0.25) is 0 Å².